The molecule has 1 aromatic heterocycles. The normalized spacial score (nSPS) is 23.3. The topological polar surface area (TPSA) is 48.5 Å². The van der Waals surface area contributed by atoms with E-state index in [-0.39, 0.29) is 6.03 Å². The molecule has 0 spiro atoms. The van der Waals surface area contributed by atoms with Crippen molar-refractivity contribution in [2.75, 3.05) is 32.0 Å². The van der Waals surface area contributed by atoms with Crippen molar-refractivity contribution in [1.29, 1.82) is 0 Å². The van der Waals surface area contributed by atoms with E-state index in [1.54, 1.807) is 11.3 Å². The molecule has 1 aromatic rings. The molecule has 0 atom stereocenters. The van der Waals surface area contributed by atoms with Crippen molar-refractivity contribution in [3.05, 3.63) is 10.6 Å². The molecule has 3 rings (SSSR count). The summed E-state index contributed by atoms with van der Waals surface area (Å²) in [4.78, 5) is 23.7. The summed E-state index contributed by atoms with van der Waals surface area (Å²) in [6.45, 7) is 9.62. The van der Waals surface area contributed by atoms with Crippen molar-refractivity contribution >= 4 is 22.5 Å². The van der Waals surface area contributed by atoms with Crippen LogP contribution in [-0.2, 0) is 12.8 Å². The van der Waals surface area contributed by atoms with E-state index in [1.807, 2.05) is 0 Å². The average Bonchev–Trinajstić information content (AvgIpc) is 2.96. The molecule has 1 fully saturated rings. The summed E-state index contributed by atoms with van der Waals surface area (Å²) < 4.78 is 0. The minimum absolute atomic E-state index is 0.0497. The van der Waals surface area contributed by atoms with Crippen LogP contribution in [0.5, 0.6) is 0 Å². The van der Waals surface area contributed by atoms with E-state index in [4.69, 9.17) is 4.98 Å². The number of nitrogens with zero attached hydrogens (tertiary/aromatic N) is 3. The highest BCUT2D eigenvalue weighted by molar-refractivity contribution is 7.15. The Labute approximate surface area is 174 Å². The van der Waals surface area contributed by atoms with Crippen LogP contribution in [0.3, 0.4) is 0 Å². The Morgan fingerprint density at radius 2 is 1.96 bits per heavy atom. The highest BCUT2D eigenvalue weighted by Crippen LogP contribution is 2.32. The first-order valence-electron chi connectivity index (χ1n) is 11.2. The van der Waals surface area contributed by atoms with Crippen LogP contribution >= 0.6 is 11.3 Å². The number of rotatable bonds is 6. The summed E-state index contributed by atoms with van der Waals surface area (Å²) in [6.07, 6.45) is 9.45. The number of nitrogens with one attached hydrogen (secondary N) is 1. The molecule has 2 heterocycles. The molecule has 0 bridgehead atoms. The number of carbonyl (C=O) groups is 1. The Morgan fingerprint density at radius 1 is 1.25 bits per heavy atom. The van der Waals surface area contributed by atoms with Crippen LogP contribution in [0.2, 0.25) is 0 Å². The van der Waals surface area contributed by atoms with E-state index in [0.29, 0.717) is 12.0 Å². The van der Waals surface area contributed by atoms with E-state index in [9.17, 15) is 4.79 Å². The average molecular weight is 407 g/mol. The third kappa shape index (κ3) is 5.69. The van der Waals surface area contributed by atoms with Gasteiger partial charge < -0.3 is 9.80 Å². The lowest BCUT2D eigenvalue weighted by atomic mass is 9.83. The highest BCUT2D eigenvalue weighted by Gasteiger charge is 2.29. The molecule has 0 unspecified atom stereocenters. The number of likely N-dealkylation sites (N-methyl/N-ethyl adjacent to an activating group) is 1. The molecule has 0 radical (unpaired) electrons. The first kappa shape index (κ1) is 21.6. The predicted molar refractivity (Wildman–Crippen MR) is 118 cm³/mol. The van der Waals surface area contributed by atoms with Gasteiger partial charge in [0.1, 0.15) is 0 Å². The Kier molecular flexibility index (Phi) is 7.75. The molecular formula is C22H38N4OS. The van der Waals surface area contributed by atoms with Crippen molar-refractivity contribution in [2.45, 2.75) is 78.2 Å². The van der Waals surface area contributed by atoms with Crippen molar-refractivity contribution in [3.63, 3.8) is 0 Å². The van der Waals surface area contributed by atoms with Gasteiger partial charge in [0, 0.05) is 37.0 Å². The second-order valence-electron chi connectivity index (χ2n) is 9.13. The standard InChI is InChI=1S/C22H38N4OS/c1-5-6-17-7-9-18(10-8-17)26(15-16(2)3)22(27)24-21-23-19-11-13-25(4)14-12-20(19)28-21/h16-18H,5-15H2,1-4H3,(H,23,24,27). The molecule has 28 heavy (non-hydrogen) atoms. The van der Waals surface area contributed by atoms with Crippen LogP contribution < -0.4 is 5.32 Å². The predicted octanol–water partition coefficient (Wildman–Crippen LogP) is 5.02. The van der Waals surface area contributed by atoms with Gasteiger partial charge in [-0.2, -0.15) is 0 Å². The van der Waals surface area contributed by atoms with E-state index in [1.165, 1.54) is 36.3 Å². The molecular weight excluding hydrogens is 368 g/mol. The number of hydrogen-bond donors (Lipinski definition) is 1. The Hall–Kier alpha value is -1.14. The molecule has 0 aromatic carbocycles. The summed E-state index contributed by atoms with van der Waals surface area (Å²) in [5, 5.41) is 3.94. The van der Waals surface area contributed by atoms with Gasteiger partial charge in [-0.05, 0) is 51.0 Å². The minimum atomic E-state index is 0.0497. The van der Waals surface area contributed by atoms with Crippen LogP contribution in [0.15, 0.2) is 0 Å². The largest absolute Gasteiger partial charge is 0.323 e. The van der Waals surface area contributed by atoms with Gasteiger partial charge in [-0.15, -0.1) is 11.3 Å². The molecule has 2 aliphatic rings. The van der Waals surface area contributed by atoms with Crippen LogP contribution in [0.25, 0.3) is 0 Å². The third-order valence-electron chi connectivity index (χ3n) is 6.22. The van der Waals surface area contributed by atoms with Crippen molar-refractivity contribution in [2.24, 2.45) is 11.8 Å². The molecule has 6 heteroatoms. The number of aromatic nitrogens is 1. The first-order chi connectivity index (χ1) is 13.5. The quantitative estimate of drug-likeness (QED) is 0.721. The van der Waals surface area contributed by atoms with Crippen molar-refractivity contribution in [1.82, 2.24) is 14.8 Å². The maximum absolute atomic E-state index is 13.2. The van der Waals surface area contributed by atoms with Crippen LogP contribution in [0, 0.1) is 11.8 Å². The van der Waals surface area contributed by atoms with Gasteiger partial charge in [0.05, 0.1) is 5.69 Å². The summed E-state index contributed by atoms with van der Waals surface area (Å²) in [5.74, 6) is 1.33. The Bertz CT molecular complexity index is 611. The molecule has 1 aliphatic carbocycles. The van der Waals surface area contributed by atoms with E-state index >= 15 is 0 Å². The minimum Gasteiger partial charge on any atom is -0.321 e. The lowest BCUT2D eigenvalue weighted by Gasteiger charge is -2.37. The highest BCUT2D eigenvalue weighted by atomic mass is 32.1. The zero-order valence-electron chi connectivity index (χ0n) is 18.2. The number of thiazole rings is 1. The summed E-state index contributed by atoms with van der Waals surface area (Å²) in [6, 6.07) is 0.426. The molecule has 1 N–H and O–H groups in total. The number of anilines is 1. The number of hydrogen-bond acceptors (Lipinski definition) is 4. The van der Waals surface area contributed by atoms with Gasteiger partial charge in [0.25, 0.3) is 0 Å². The second-order valence-corrected chi connectivity index (χ2v) is 10.2. The molecule has 5 nitrogen and oxygen atoms in total. The maximum Gasteiger partial charge on any atom is 0.323 e. The van der Waals surface area contributed by atoms with Gasteiger partial charge in [-0.1, -0.05) is 33.6 Å². The van der Waals surface area contributed by atoms with Crippen LogP contribution in [0.4, 0.5) is 9.93 Å². The molecule has 0 saturated heterocycles. The Morgan fingerprint density at radius 3 is 2.64 bits per heavy atom. The lowest BCUT2D eigenvalue weighted by Crippen LogP contribution is -2.46. The number of amides is 2. The SMILES string of the molecule is CCCC1CCC(N(CC(C)C)C(=O)Nc2nc3c(s2)CCN(C)CC3)CC1. The molecule has 1 saturated carbocycles. The number of fused-ring (bicyclic) bond motifs is 1. The van der Waals surface area contributed by atoms with Gasteiger partial charge >= 0.3 is 6.03 Å². The van der Waals surface area contributed by atoms with E-state index in [2.05, 4.69) is 42.9 Å². The second kappa shape index (κ2) is 10.1. The van der Waals surface area contributed by atoms with Crippen molar-refractivity contribution in [3.8, 4) is 0 Å². The summed E-state index contributed by atoms with van der Waals surface area (Å²) in [7, 11) is 2.16. The lowest BCUT2D eigenvalue weighted by molar-refractivity contribution is 0.142. The molecule has 2 amide bonds. The monoisotopic (exact) mass is 406 g/mol. The van der Waals surface area contributed by atoms with E-state index in [0.717, 1.165) is 56.4 Å². The molecule has 158 valence electrons. The van der Waals surface area contributed by atoms with Crippen molar-refractivity contribution < 1.29 is 4.79 Å². The fourth-order valence-electron chi connectivity index (χ4n) is 4.64. The molecule has 1 aliphatic heterocycles. The third-order valence-corrected chi connectivity index (χ3v) is 7.29. The van der Waals surface area contributed by atoms with Gasteiger partial charge in [0.15, 0.2) is 5.13 Å². The summed E-state index contributed by atoms with van der Waals surface area (Å²) >= 11 is 1.67. The fourth-order valence-corrected chi connectivity index (χ4v) is 5.62. The zero-order valence-corrected chi connectivity index (χ0v) is 19.0. The van der Waals surface area contributed by atoms with Gasteiger partial charge in [-0.3, -0.25) is 5.32 Å². The fraction of sp³-hybridized carbons (Fsp3) is 0.818. The number of urea groups is 1. The smallest absolute Gasteiger partial charge is 0.321 e. The van der Waals surface area contributed by atoms with Gasteiger partial charge in [0.2, 0.25) is 0 Å². The number of carbonyl (C=O) groups excluding carboxylic acids is 1. The van der Waals surface area contributed by atoms with Crippen LogP contribution in [0.1, 0.15) is 69.9 Å². The maximum atomic E-state index is 13.2. The van der Waals surface area contributed by atoms with E-state index < -0.39 is 0 Å². The van der Waals surface area contributed by atoms with Crippen LogP contribution in [-0.4, -0.2) is 53.5 Å². The summed E-state index contributed by atoms with van der Waals surface area (Å²) in [5.41, 5.74) is 1.18. The first-order valence-corrected chi connectivity index (χ1v) is 12.0. The Balaban J connectivity index is 1.63. The zero-order chi connectivity index (χ0) is 20.1. The van der Waals surface area contributed by atoms with Gasteiger partial charge in [-0.25, -0.2) is 9.78 Å².